The van der Waals surface area contributed by atoms with Crippen LogP contribution in [0.15, 0.2) is 12.1 Å². The lowest BCUT2D eigenvalue weighted by atomic mass is 9.74. The number of unbranched alkanes of at least 4 members (excludes halogenated alkanes) is 6. The van der Waals surface area contributed by atoms with Gasteiger partial charge >= 0.3 is 0 Å². The van der Waals surface area contributed by atoms with Crippen LogP contribution in [-0.2, 0) is 0 Å². The molecular formula is C32H52F2O. The van der Waals surface area contributed by atoms with Crippen molar-refractivity contribution in [3.05, 3.63) is 29.3 Å². The average molecular weight is 491 g/mol. The standard InChI is InChI=1S/C32H52F2O/c1-3-5-7-8-10-24-35-30-23-22-29(31(33)32(30)34)28-20-18-27(19-21-28)17-16-26-14-12-25(13-15-26)11-9-6-4-2/h22-23,25-28H,3-21,24H2,1-2H3. The van der Waals surface area contributed by atoms with E-state index in [0.29, 0.717) is 12.2 Å². The van der Waals surface area contributed by atoms with Crippen molar-refractivity contribution in [1.29, 1.82) is 0 Å². The molecule has 0 atom stereocenters. The number of benzene rings is 1. The number of halogens is 2. The highest BCUT2D eigenvalue weighted by molar-refractivity contribution is 5.33. The zero-order valence-electron chi connectivity index (χ0n) is 22.8. The summed E-state index contributed by atoms with van der Waals surface area (Å²) in [6, 6.07) is 3.44. The van der Waals surface area contributed by atoms with Gasteiger partial charge in [-0.3, -0.25) is 0 Å². The first-order valence-corrected chi connectivity index (χ1v) is 15.2. The molecule has 0 radical (unpaired) electrons. The highest BCUT2D eigenvalue weighted by Gasteiger charge is 2.28. The molecule has 0 spiro atoms. The van der Waals surface area contributed by atoms with Gasteiger partial charge in [0.05, 0.1) is 6.61 Å². The van der Waals surface area contributed by atoms with E-state index in [1.54, 1.807) is 12.1 Å². The second-order valence-electron chi connectivity index (χ2n) is 11.7. The molecule has 2 saturated carbocycles. The van der Waals surface area contributed by atoms with E-state index in [2.05, 4.69) is 13.8 Å². The van der Waals surface area contributed by atoms with Crippen molar-refractivity contribution in [1.82, 2.24) is 0 Å². The molecule has 0 amide bonds. The summed E-state index contributed by atoms with van der Waals surface area (Å²) < 4.78 is 35.1. The zero-order chi connectivity index (χ0) is 24.9. The SMILES string of the molecule is CCCCCCCOc1ccc(C2CCC(CCC3CCC(CCCCC)CC3)CC2)c(F)c1F. The molecule has 3 heteroatoms. The van der Waals surface area contributed by atoms with Crippen molar-refractivity contribution in [2.75, 3.05) is 6.61 Å². The van der Waals surface area contributed by atoms with Gasteiger partial charge in [-0.05, 0) is 67.4 Å². The maximum Gasteiger partial charge on any atom is 0.200 e. The number of ether oxygens (including phenoxy) is 1. The van der Waals surface area contributed by atoms with Crippen LogP contribution < -0.4 is 4.74 Å². The van der Waals surface area contributed by atoms with Crippen molar-refractivity contribution >= 4 is 0 Å². The monoisotopic (exact) mass is 490 g/mol. The molecule has 0 heterocycles. The lowest BCUT2D eigenvalue weighted by molar-refractivity contribution is 0.221. The zero-order valence-corrected chi connectivity index (χ0v) is 22.8. The van der Waals surface area contributed by atoms with Crippen LogP contribution in [0.5, 0.6) is 5.75 Å². The van der Waals surface area contributed by atoms with Gasteiger partial charge in [0, 0.05) is 0 Å². The van der Waals surface area contributed by atoms with Gasteiger partial charge in [-0.15, -0.1) is 0 Å². The largest absolute Gasteiger partial charge is 0.490 e. The highest BCUT2D eigenvalue weighted by atomic mass is 19.2. The summed E-state index contributed by atoms with van der Waals surface area (Å²) in [6.07, 6.45) is 24.0. The van der Waals surface area contributed by atoms with Crippen molar-refractivity contribution in [2.45, 2.75) is 142 Å². The third-order valence-corrected chi connectivity index (χ3v) is 9.03. The molecule has 1 aromatic rings. The van der Waals surface area contributed by atoms with E-state index >= 15 is 0 Å². The Kier molecular flexibility index (Phi) is 12.9. The minimum atomic E-state index is -0.788. The van der Waals surface area contributed by atoms with Crippen LogP contribution in [0.3, 0.4) is 0 Å². The molecule has 0 bridgehead atoms. The molecule has 35 heavy (non-hydrogen) atoms. The van der Waals surface area contributed by atoms with Gasteiger partial charge in [0.2, 0.25) is 5.82 Å². The Hall–Kier alpha value is -1.12. The fraction of sp³-hybridized carbons (Fsp3) is 0.812. The number of hydrogen-bond acceptors (Lipinski definition) is 1. The fourth-order valence-corrected chi connectivity index (χ4v) is 6.59. The summed E-state index contributed by atoms with van der Waals surface area (Å²) in [6.45, 7) is 4.94. The van der Waals surface area contributed by atoms with E-state index in [1.165, 1.54) is 83.5 Å². The minimum Gasteiger partial charge on any atom is -0.490 e. The lowest BCUT2D eigenvalue weighted by Gasteiger charge is -2.32. The van der Waals surface area contributed by atoms with Gasteiger partial charge < -0.3 is 4.74 Å². The van der Waals surface area contributed by atoms with Gasteiger partial charge in [-0.1, -0.05) is 110 Å². The average Bonchev–Trinajstić information content (AvgIpc) is 2.88. The normalized spacial score (nSPS) is 25.0. The topological polar surface area (TPSA) is 9.23 Å². The smallest absolute Gasteiger partial charge is 0.200 e. The molecule has 2 aliphatic rings. The van der Waals surface area contributed by atoms with Crippen LogP contribution in [0.2, 0.25) is 0 Å². The molecular weight excluding hydrogens is 438 g/mol. The minimum absolute atomic E-state index is 0.0792. The third kappa shape index (κ3) is 9.36. The molecule has 2 fully saturated rings. The van der Waals surface area contributed by atoms with E-state index in [0.717, 1.165) is 56.3 Å². The second kappa shape index (κ2) is 15.9. The number of hydrogen-bond donors (Lipinski definition) is 0. The molecule has 0 aromatic heterocycles. The molecule has 1 nitrogen and oxygen atoms in total. The Morgan fingerprint density at radius 2 is 1.17 bits per heavy atom. The van der Waals surface area contributed by atoms with Crippen LogP contribution in [0.25, 0.3) is 0 Å². The summed E-state index contributed by atoms with van der Waals surface area (Å²) >= 11 is 0. The first-order chi connectivity index (χ1) is 17.1. The van der Waals surface area contributed by atoms with Gasteiger partial charge in [0.1, 0.15) is 0 Å². The maximum atomic E-state index is 14.9. The summed E-state index contributed by atoms with van der Waals surface area (Å²) in [4.78, 5) is 0. The molecule has 200 valence electrons. The van der Waals surface area contributed by atoms with Crippen LogP contribution in [0, 0.1) is 29.4 Å². The van der Waals surface area contributed by atoms with Crippen molar-refractivity contribution < 1.29 is 13.5 Å². The summed E-state index contributed by atoms with van der Waals surface area (Å²) in [7, 11) is 0. The molecule has 0 unspecified atom stereocenters. The fourth-order valence-electron chi connectivity index (χ4n) is 6.59. The van der Waals surface area contributed by atoms with Gasteiger partial charge in [-0.25, -0.2) is 4.39 Å². The molecule has 0 N–H and O–H groups in total. The van der Waals surface area contributed by atoms with E-state index in [9.17, 15) is 8.78 Å². The van der Waals surface area contributed by atoms with Crippen molar-refractivity contribution in [3.8, 4) is 5.75 Å². The van der Waals surface area contributed by atoms with Gasteiger partial charge in [0.15, 0.2) is 11.6 Å². The first-order valence-electron chi connectivity index (χ1n) is 15.2. The lowest BCUT2D eigenvalue weighted by Crippen LogP contribution is -2.18. The summed E-state index contributed by atoms with van der Waals surface area (Å²) in [5.74, 6) is 1.47. The Morgan fingerprint density at radius 1 is 0.629 bits per heavy atom. The molecule has 0 saturated heterocycles. The second-order valence-corrected chi connectivity index (χ2v) is 11.7. The van der Waals surface area contributed by atoms with Crippen LogP contribution in [-0.4, -0.2) is 6.61 Å². The first kappa shape index (κ1) is 28.5. The van der Waals surface area contributed by atoms with Crippen LogP contribution >= 0.6 is 0 Å². The Labute approximate surface area is 214 Å². The summed E-state index contributed by atoms with van der Waals surface area (Å²) in [5, 5.41) is 0. The third-order valence-electron chi connectivity index (χ3n) is 9.03. The number of rotatable bonds is 15. The molecule has 1 aromatic carbocycles. The van der Waals surface area contributed by atoms with E-state index < -0.39 is 11.6 Å². The molecule has 2 aliphatic carbocycles. The van der Waals surface area contributed by atoms with E-state index in [1.807, 2.05) is 0 Å². The molecule has 0 aliphatic heterocycles. The predicted molar refractivity (Wildman–Crippen MR) is 144 cm³/mol. The van der Waals surface area contributed by atoms with Crippen LogP contribution in [0.1, 0.15) is 147 Å². The Bertz CT molecular complexity index is 702. The quantitative estimate of drug-likeness (QED) is 0.222. The van der Waals surface area contributed by atoms with E-state index in [4.69, 9.17) is 4.74 Å². The highest BCUT2D eigenvalue weighted by Crippen LogP contribution is 2.41. The maximum absolute atomic E-state index is 14.9. The molecule has 3 rings (SSSR count). The summed E-state index contributed by atoms with van der Waals surface area (Å²) in [5.41, 5.74) is 0.567. The Balaban J connectivity index is 1.35. The van der Waals surface area contributed by atoms with Gasteiger partial charge in [0.25, 0.3) is 0 Å². The predicted octanol–water partition coefficient (Wildman–Crippen LogP) is 10.8. The van der Waals surface area contributed by atoms with Crippen molar-refractivity contribution in [3.63, 3.8) is 0 Å². The van der Waals surface area contributed by atoms with Gasteiger partial charge in [-0.2, -0.15) is 4.39 Å². The Morgan fingerprint density at radius 3 is 1.80 bits per heavy atom. The van der Waals surface area contributed by atoms with E-state index in [-0.39, 0.29) is 11.7 Å². The van der Waals surface area contributed by atoms with Crippen molar-refractivity contribution in [2.24, 2.45) is 17.8 Å². The van der Waals surface area contributed by atoms with Crippen LogP contribution in [0.4, 0.5) is 8.78 Å².